The van der Waals surface area contributed by atoms with Gasteiger partial charge in [0.05, 0.1) is 16.6 Å². The summed E-state index contributed by atoms with van der Waals surface area (Å²) >= 11 is 1.60. The molecule has 2 aromatic heterocycles. The Bertz CT molecular complexity index is 1100. The highest BCUT2D eigenvalue weighted by Gasteiger charge is 2.32. The number of rotatable bonds is 4. The van der Waals surface area contributed by atoms with Crippen LogP contribution in [-0.4, -0.2) is 75.4 Å². The van der Waals surface area contributed by atoms with Crippen LogP contribution in [0.3, 0.4) is 0 Å². The van der Waals surface area contributed by atoms with Crippen LogP contribution >= 0.6 is 11.3 Å². The number of aryl methyl sites for hydroxylation is 1. The third-order valence-corrected chi connectivity index (χ3v) is 9.35. The number of carbonyl (C=O) groups is 2. The van der Waals surface area contributed by atoms with Crippen LogP contribution in [-0.2, 0) is 4.74 Å². The quantitative estimate of drug-likeness (QED) is 0.565. The van der Waals surface area contributed by atoms with Crippen LogP contribution in [0.2, 0.25) is 0 Å². The monoisotopic (exact) mass is 529 g/mol. The highest BCUT2D eigenvalue weighted by Crippen LogP contribution is 2.35. The van der Waals surface area contributed by atoms with Crippen LogP contribution in [0.4, 0.5) is 4.79 Å². The normalized spacial score (nSPS) is 24.4. The Balaban J connectivity index is 1.11. The van der Waals surface area contributed by atoms with E-state index >= 15 is 0 Å². The first-order valence-corrected chi connectivity index (χ1v) is 15.0. The standard InChI is InChI=1S/C28H43N5O3S/c1-19-23-18-24(37-26(23)33(30-19)22-8-6-5-7-9-22)25(34)29-20-10-12-21(13-11-20)31-14-16-32(17-15-31)27(35)36-28(2,3)4/h18,20-22H,5-17H2,1-4H3,(H,29,34). The minimum absolute atomic E-state index is 0.0604. The van der Waals surface area contributed by atoms with Gasteiger partial charge in [0.15, 0.2) is 0 Å². The van der Waals surface area contributed by atoms with Gasteiger partial charge in [-0.05, 0) is 72.3 Å². The minimum atomic E-state index is -0.457. The van der Waals surface area contributed by atoms with Crippen molar-refractivity contribution in [2.24, 2.45) is 0 Å². The predicted octanol–water partition coefficient (Wildman–Crippen LogP) is 5.51. The summed E-state index contributed by atoms with van der Waals surface area (Å²) in [5.41, 5.74) is 0.574. The molecule has 0 aromatic carbocycles. The van der Waals surface area contributed by atoms with Gasteiger partial charge in [-0.2, -0.15) is 5.10 Å². The van der Waals surface area contributed by atoms with Crippen molar-refractivity contribution in [3.8, 4) is 0 Å². The maximum Gasteiger partial charge on any atom is 0.410 e. The average molecular weight is 530 g/mol. The van der Waals surface area contributed by atoms with Gasteiger partial charge in [0.25, 0.3) is 5.91 Å². The van der Waals surface area contributed by atoms with Gasteiger partial charge in [-0.3, -0.25) is 14.4 Å². The molecule has 1 N–H and O–H groups in total. The van der Waals surface area contributed by atoms with Crippen molar-refractivity contribution in [1.82, 2.24) is 24.9 Å². The molecule has 0 atom stereocenters. The number of thiophene rings is 1. The molecule has 0 bridgehead atoms. The Labute approximate surface area is 224 Å². The molecule has 3 fully saturated rings. The molecule has 2 aromatic rings. The minimum Gasteiger partial charge on any atom is -0.444 e. The van der Waals surface area contributed by atoms with Gasteiger partial charge in [0.1, 0.15) is 10.4 Å². The van der Waals surface area contributed by atoms with E-state index in [1.807, 2.05) is 31.7 Å². The lowest BCUT2D eigenvalue weighted by molar-refractivity contribution is 0.00775. The Hall–Kier alpha value is -2.13. The highest BCUT2D eigenvalue weighted by molar-refractivity contribution is 7.20. The van der Waals surface area contributed by atoms with Crippen molar-refractivity contribution in [3.05, 3.63) is 16.6 Å². The molecule has 0 spiro atoms. The van der Waals surface area contributed by atoms with E-state index in [1.54, 1.807) is 11.3 Å². The number of aromatic nitrogens is 2. The summed E-state index contributed by atoms with van der Waals surface area (Å²) in [4.78, 5) is 31.8. The molecule has 2 amide bonds. The molecule has 2 aliphatic carbocycles. The number of hydrogen-bond donors (Lipinski definition) is 1. The molecule has 9 heteroatoms. The summed E-state index contributed by atoms with van der Waals surface area (Å²) in [7, 11) is 0. The second kappa shape index (κ2) is 10.9. The molecule has 5 rings (SSSR count). The lowest BCUT2D eigenvalue weighted by Crippen LogP contribution is -2.54. The maximum absolute atomic E-state index is 13.2. The van der Waals surface area contributed by atoms with Crippen molar-refractivity contribution in [3.63, 3.8) is 0 Å². The molecule has 0 unspecified atom stereocenters. The van der Waals surface area contributed by atoms with Gasteiger partial charge in [-0.1, -0.05) is 19.3 Å². The van der Waals surface area contributed by atoms with Crippen molar-refractivity contribution in [2.45, 2.75) is 109 Å². The largest absolute Gasteiger partial charge is 0.444 e. The molecular formula is C28H43N5O3S. The highest BCUT2D eigenvalue weighted by atomic mass is 32.1. The molecule has 0 radical (unpaired) electrons. The van der Waals surface area contributed by atoms with Crippen LogP contribution in [0.5, 0.6) is 0 Å². The molecule has 2 saturated carbocycles. The summed E-state index contributed by atoms with van der Waals surface area (Å²) in [5.74, 6) is 0.0604. The third-order valence-electron chi connectivity index (χ3n) is 8.23. The molecular weight excluding hydrogens is 486 g/mol. The zero-order valence-corrected chi connectivity index (χ0v) is 23.7. The first-order chi connectivity index (χ1) is 17.7. The number of ether oxygens (including phenoxy) is 1. The van der Waals surface area contributed by atoms with Crippen LogP contribution in [0.15, 0.2) is 6.07 Å². The zero-order chi connectivity index (χ0) is 26.2. The number of piperazine rings is 1. The molecule has 1 aliphatic heterocycles. The van der Waals surface area contributed by atoms with Gasteiger partial charge in [0, 0.05) is 43.6 Å². The third kappa shape index (κ3) is 6.14. The van der Waals surface area contributed by atoms with Gasteiger partial charge < -0.3 is 15.0 Å². The lowest BCUT2D eigenvalue weighted by Gasteiger charge is -2.42. The Morgan fingerprint density at radius 1 is 0.973 bits per heavy atom. The second-order valence-electron chi connectivity index (χ2n) is 12.1. The molecule has 204 valence electrons. The summed E-state index contributed by atoms with van der Waals surface area (Å²) in [5, 5.41) is 9.29. The fourth-order valence-corrected chi connectivity index (χ4v) is 7.33. The number of carbonyl (C=O) groups excluding carboxylic acids is 2. The van der Waals surface area contributed by atoms with Crippen molar-refractivity contribution < 1.29 is 14.3 Å². The van der Waals surface area contributed by atoms with Gasteiger partial charge in [-0.15, -0.1) is 11.3 Å². The number of nitrogens with zero attached hydrogens (tertiary/aromatic N) is 4. The number of amides is 2. The van der Waals surface area contributed by atoms with Crippen LogP contribution in [0, 0.1) is 6.92 Å². The Kier molecular flexibility index (Phi) is 7.82. The van der Waals surface area contributed by atoms with Crippen molar-refractivity contribution >= 4 is 33.6 Å². The molecule has 3 heterocycles. The number of fused-ring (bicyclic) bond motifs is 1. The molecule has 3 aliphatic rings. The van der Waals surface area contributed by atoms with Crippen molar-refractivity contribution in [2.75, 3.05) is 26.2 Å². The summed E-state index contributed by atoms with van der Waals surface area (Å²) < 4.78 is 7.73. The summed E-state index contributed by atoms with van der Waals surface area (Å²) in [6.07, 6.45) is 10.2. The topological polar surface area (TPSA) is 79.7 Å². The SMILES string of the molecule is Cc1nn(C2CCCCC2)c2sc(C(=O)NC3CCC(N4CCN(C(=O)OC(C)(C)C)CC4)CC3)cc12. The first kappa shape index (κ1) is 26.5. The maximum atomic E-state index is 13.2. The van der Waals surface area contributed by atoms with E-state index in [0.29, 0.717) is 12.1 Å². The van der Waals surface area contributed by atoms with Crippen LogP contribution in [0.1, 0.15) is 100.0 Å². The van der Waals surface area contributed by atoms with Gasteiger partial charge >= 0.3 is 6.09 Å². The average Bonchev–Trinajstić information content (AvgIpc) is 3.45. The number of hydrogen-bond acceptors (Lipinski definition) is 6. The van der Waals surface area contributed by atoms with Crippen molar-refractivity contribution in [1.29, 1.82) is 0 Å². The molecule has 8 nitrogen and oxygen atoms in total. The number of nitrogens with one attached hydrogen (secondary N) is 1. The molecule has 1 saturated heterocycles. The molecule has 37 heavy (non-hydrogen) atoms. The lowest BCUT2D eigenvalue weighted by atomic mass is 9.89. The van der Waals surface area contributed by atoms with E-state index in [0.717, 1.165) is 72.7 Å². The van der Waals surface area contributed by atoms with E-state index in [4.69, 9.17) is 9.84 Å². The van der Waals surface area contributed by atoms with Crippen LogP contribution in [0.25, 0.3) is 10.2 Å². The van der Waals surface area contributed by atoms with E-state index in [1.165, 1.54) is 32.1 Å². The van der Waals surface area contributed by atoms with Gasteiger partial charge in [-0.25, -0.2) is 4.79 Å². The fourth-order valence-electron chi connectivity index (χ4n) is 6.19. The summed E-state index contributed by atoms with van der Waals surface area (Å²) in [6, 6.07) is 3.28. The van der Waals surface area contributed by atoms with E-state index < -0.39 is 5.60 Å². The summed E-state index contributed by atoms with van der Waals surface area (Å²) in [6.45, 7) is 11.0. The first-order valence-electron chi connectivity index (χ1n) is 14.2. The van der Waals surface area contributed by atoms with E-state index in [-0.39, 0.29) is 18.0 Å². The van der Waals surface area contributed by atoms with Crippen LogP contribution < -0.4 is 5.32 Å². The zero-order valence-electron chi connectivity index (χ0n) is 22.9. The predicted molar refractivity (Wildman–Crippen MR) is 147 cm³/mol. The van der Waals surface area contributed by atoms with Gasteiger partial charge in [0.2, 0.25) is 0 Å². The van der Waals surface area contributed by atoms with E-state index in [9.17, 15) is 9.59 Å². The fraction of sp³-hybridized carbons (Fsp3) is 0.750. The smallest absolute Gasteiger partial charge is 0.410 e. The Morgan fingerprint density at radius 3 is 2.30 bits per heavy atom. The van der Waals surface area contributed by atoms with E-state index in [2.05, 4.69) is 21.8 Å². The second-order valence-corrected chi connectivity index (χ2v) is 13.2. The Morgan fingerprint density at radius 2 is 1.65 bits per heavy atom.